The van der Waals surface area contributed by atoms with Crippen molar-refractivity contribution >= 4 is 38.5 Å². The number of amides is 1. The number of halogens is 2. The van der Waals surface area contributed by atoms with Crippen molar-refractivity contribution in [3.05, 3.63) is 18.2 Å². The van der Waals surface area contributed by atoms with Crippen LogP contribution in [0.3, 0.4) is 0 Å². The zero-order chi connectivity index (χ0) is 18.0. The van der Waals surface area contributed by atoms with E-state index in [1.54, 1.807) is 0 Å². The molecule has 1 aliphatic rings. The van der Waals surface area contributed by atoms with E-state index in [9.17, 15) is 22.0 Å². The normalized spacial score (nSPS) is 19.4. The Labute approximate surface area is 146 Å². The van der Waals surface area contributed by atoms with Crippen molar-refractivity contribution in [1.29, 1.82) is 0 Å². The second-order valence-corrected chi connectivity index (χ2v) is 8.75. The molecule has 11 heteroatoms. The highest BCUT2D eigenvalue weighted by Gasteiger charge is 2.28. The maximum atomic E-state index is 12.2. The van der Waals surface area contributed by atoms with Crippen LogP contribution in [0.1, 0.15) is 6.42 Å². The number of benzene rings is 1. The average Bonchev–Trinajstić information content (AvgIpc) is 3.06. The first-order valence-electron chi connectivity index (χ1n) is 7.38. The summed E-state index contributed by atoms with van der Waals surface area (Å²) in [5.74, 6) is -0.132. The van der Waals surface area contributed by atoms with Gasteiger partial charge in [0.2, 0.25) is 5.91 Å². The standard InChI is InChI=1S/C14H15F2N3O4S2/c15-13(16)23-9-1-2-10-11(5-9)19-14(18-10)24-6-12(20)17-8-3-4-25(21,22)7-8/h1-2,5,8,13H,3-4,6-7H2,(H,17,20)(H,18,19)/t8-/m1/s1. The number of hydrogen-bond acceptors (Lipinski definition) is 6. The summed E-state index contributed by atoms with van der Waals surface area (Å²) in [7, 11) is -3.04. The van der Waals surface area contributed by atoms with Crippen LogP contribution in [-0.4, -0.2) is 54.2 Å². The first-order chi connectivity index (χ1) is 11.8. The van der Waals surface area contributed by atoms with Crippen LogP contribution in [0.4, 0.5) is 8.78 Å². The van der Waals surface area contributed by atoms with E-state index < -0.39 is 16.4 Å². The van der Waals surface area contributed by atoms with Gasteiger partial charge in [-0.2, -0.15) is 8.78 Å². The summed E-state index contributed by atoms with van der Waals surface area (Å²) in [4.78, 5) is 19.1. The summed E-state index contributed by atoms with van der Waals surface area (Å²) in [6, 6.07) is 3.98. The predicted molar refractivity (Wildman–Crippen MR) is 88.7 cm³/mol. The monoisotopic (exact) mass is 391 g/mol. The molecule has 0 saturated carbocycles. The summed E-state index contributed by atoms with van der Waals surface area (Å²) >= 11 is 1.14. The highest BCUT2D eigenvalue weighted by atomic mass is 32.2. The van der Waals surface area contributed by atoms with Gasteiger partial charge in [-0.1, -0.05) is 11.8 Å². The summed E-state index contributed by atoms with van der Waals surface area (Å²) < 4.78 is 51.5. The molecule has 0 unspecified atom stereocenters. The molecule has 2 N–H and O–H groups in total. The van der Waals surface area contributed by atoms with Crippen molar-refractivity contribution in [2.75, 3.05) is 17.3 Å². The molecule has 0 spiro atoms. The third kappa shape index (κ3) is 4.82. The third-order valence-corrected chi connectivity index (χ3v) is 6.24. The number of imidazole rings is 1. The van der Waals surface area contributed by atoms with E-state index in [4.69, 9.17) is 0 Å². The quantitative estimate of drug-likeness (QED) is 0.725. The lowest BCUT2D eigenvalue weighted by Crippen LogP contribution is -2.36. The Morgan fingerprint density at radius 3 is 2.96 bits per heavy atom. The predicted octanol–water partition coefficient (Wildman–Crippen LogP) is 1.56. The summed E-state index contributed by atoms with van der Waals surface area (Å²) in [5.41, 5.74) is 1.08. The molecule has 1 saturated heterocycles. The van der Waals surface area contributed by atoms with Crippen molar-refractivity contribution in [2.45, 2.75) is 24.2 Å². The Kier molecular flexibility index (Phi) is 5.13. The number of carbonyl (C=O) groups is 1. The van der Waals surface area contributed by atoms with Crippen LogP contribution in [0.5, 0.6) is 5.75 Å². The van der Waals surface area contributed by atoms with Crippen molar-refractivity contribution in [3.63, 3.8) is 0 Å². The van der Waals surface area contributed by atoms with Gasteiger partial charge < -0.3 is 15.0 Å². The van der Waals surface area contributed by atoms with Crippen molar-refractivity contribution in [3.8, 4) is 5.75 Å². The summed E-state index contributed by atoms with van der Waals surface area (Å²) in [6.45, 7) is -2.91. The first kappa shape index (κ1) is 17.9. The molecule has 0 bridgehead atoms. The molecule has 1 aliphatic heterocycles. The van der Waals surface area contributed by atoms with Crippen LogP contribution in [-0.2, 0) is 14.6 Å². The summed E-state index contributed by atoms with van der Waals surface area (Å²) in [6.07, 6.45) is 0.427. The number of aromatic nitrogens is 2. The Morgan fingerprint density at radius 2 is 2.28 bits per heavy atom. The van der Waals surface area contributed by atoms with Crippen molar-refractivity contribution in [1.82, 2.24) is 15.3 Å². The molecule has 136 valence electrons. The number of thioether (sulfide) groups is 1. The van der Waals surface area contributed by atoms with Gasteiger partial charge in [-0.3, -0.25) is 4.79 Å². The molecule has 1 atom stereocenters. The van der Waals surface area contributed by atoms with Gasteiger partial charge in [0.15, 0.2) is 15.0 Å². The molecule has 1 amide bonds. The van der Waals surface area contributed by atoms with E-state index >= 15 is 0 Å². The van der Waals surface area contributed by atoms with Gasteiger partial charge in [-0.25, -0.2) is 13.4 Å². The van der Waals surface area contributed by atoms with Gasteiger partial charge in [-0.05, 0) is 18.6 Å². The van der Waals surface area contributed by atoms with Crippen LogP contribution >= 0.6 is 11.8 Å². The molecule has 1 aromatic heterocycles. The number of H-pyrrole nitrogens is 1. The fourth-order valence-corrected chi connectivity index (χ4v) is 4.89. The molecular formula is C14H15F2N3O4S2. The van der Waals surface area contributed by atoms with Crippen molar-refractivity contribution in [2.24, 2.45) is 0 Å². The number of nitrogens with one attached hydrogen (secondary N) is 2. The number of carbonyl (C=O) groups excluding carboxylic acids is 1. The number of aromatic amines is 1. The second kappa shape index (κ2) is 7.16. The number of sulfone groups is 1. The zero-order valence-electron chi connectivity index (χ0n) is 12.9. The van der Waals surface area contributed by atoms with Crippen LogP contribution in [0.15, 0.2) is 23.4 Å². The van der Waals surface area contributed by atoms with Gasteiger partial charge in [0.1, 0.15) is 5.75 Å². The Morgan fingerprint density at radius 1 is 1.48 bits per heavy atom. The highest BCUT2D eigenvalue weighted by Crippen LogP contribution is 2.24. The third-order valence-electron chi connectivity index (χ3n) is 3.59. The molecule has 0 aliphatic carbocycles. The number of nitrogens with zero attached hydrogens (tertiary/aromatic N) is 1. The van der Waals surface area contributed by atoms with Gasteiger partial charge in [0.05, 0.1) is 28.3 Å². The molecule has 3 rings (SSSR count). The fraction of sp³-hybridized carbons (Fsp3) is 0.429. The van der Waals surface area contributed by atoms with Crippen molar-refractivity contribution < 1.29 is 26.7 Å². The lowest BCUT2D eigenvalue weighted by Gasteiger charge is -2.09. The number of ether oxygens (including phenoxy) is 1. The topological polar surface area (TPSA) is 101 Å². The highest BCUT2D eigenvalue weighted by molar-refractivity contribution is 7.99. The summed E-state index contributed by atoms with van der Waals surface area (Å²) in [5, 5.41) is 3.14. The maximum absolute atomic E-state index is 12.2. The number of fused-ring (bicyclic) bond motifs is 1. The Balaban J connectivity index is 1.56. The maximum Gasteiger partial charge on any atom is 0.387 e. The van der Waals surface area contributed by atoms with Gasteiger partial charge in [0.25, 0.3) is 0 Å². The molecule has 1 fully saturated rings. The molecule has 25 heavy (non-hydrogen) atoms. The van der Waals surface area contributed by atoms with Crippen LogP contribution in [0.2, 0.25) is 0 Å². The second-order valence-electron chi connectivity index (χ2n) is 5.56. The minimum atomic E-state index is -3.04. The van der Waals surface area contributed by atoms with Gasteiger partial charge >= 0.3 is 6.61 Å². The molecule has 2 heterocycles. The Bertz CT molecular complexity index is 885. The molecule has 2 aromatic rings. The minimum absolute atomic E-state index is 0.0166. The number of hydrogen-bond donors (Lipinski definition) is 2. The molecular weight excluding hydrogens is 376 g/mol. The van der Waals surface area contributed by atoms with Crippen LogP contribution < -0.4 is 10.1 Å². The van der Waals surface area contributed by atoms with E-state index in [2.05, 4.69) is 20.0 Å². The SMILES string of the molecule is O=C(CSc1nc2ccc(OC(F)F)cc2[nH]1)N[C@@H]1CCS(=O)(=O)C1. The van der Waals surface area contributed by atoms with E-state index in [-0.39, 0.29) is 35.0 Å². The number of rotatable bonds is 6. The van der Waals surface area contributed by atoms with E-state index in [0.29, 0.717) is 22.6 Å². The smallest absolute Gasteiger partial charge is 0.387 e. The average molecular weight is 391 g/mol. The lowest BCUT2D eigenvalue weighted by molar-refractivity contribution is -0.119. The molecule has 7 nitrogen and oxygen atoms in total. The minimum Gasteiger partial charge on any atom is -0.435 e. The van der Waals surface area contributed by atoms with E-state index in [1.807, 2.05) is 0 Å². The van der Waals surface area contributed by atoms with Gasteiger partial charge in [0, 0.05) is 12.1 Å². The largest absolute Gasteiger partial charge is 0.435 e. The van der Waals surface area contributed by atoms with E-state index in [0.717, 1.165) is 11.8 Å². The fourth-order valence-electron chi connectivity index (χ4n) is 2.52. The first-order valence-corrected chi connectivity index (χ1v) is 10.2. The Hall–Kier alpha value is -1.88. The molecule has 0 radical (unpaired) electrons. The zero-order valence-corrected chi connectivity index (χ0v) is 14.5. The van der Waals surface area contributed by atoms with E-state index in [1.165, 1.54) is 18.2 Å². The number of alkyl halides is 2. The van der Waals surface area contributed by atoms with Crippen LogP contribution in [0, 0.1) is 0 Å². The molecule has 1 aromatic carbocycles. The van der Waals surface area contributed by atoms with Crippen LogP contribution in [0.25, 0.3) is 11.0 Å². The van der Waals surface area contributed by atoms with Gasteiger partial charge in [-0.15, -0.1) is 0 Å². The lowest BCUT2D eigenvalue weighted by atomic mass is 10.3.